The Hall–Kier alpha value is -3.00. The van der Waals surface area contributed by atoms with E-state index in [1.165, 1.54) is 11.3 Å². The summed E-state index contributed by atoms with van der Waals surface area (Å²) in [6, 6.07) is 7.76. The lowest BCUT2D eigenvalue weighted by atomic mass is 10.2. The number of hydrogen-bond donors (Lipinski definition) is 1. The van der Waals surface area contributed by atoms with Crippen LogP contribution in [0.4, 0.5) is 5.69 Å². The molecular formula is C19H20N6OS. The first-order chi connectivity index (χ1) is 13.0. The first-order valence-corrected chi connectivity index (χ1v) is 9.57. The van der Waals surface area contributed by atoms with Crippen LogP contribution in [0.1, 0.15) is 17.5 Å². The molecule has 0 spiro atoms. The van der Waals surface area contributed by atoms with Crippen molar-refractivity contribution in [3.05, 3.63) is 47.2 Å². The summed E-state index contributed by atoms with van der Waals surface area (Å²) in [5, 5.41) is 13.6. The number of nitrogens with zero attached hydrogens (tertiary/aromatic N) is 5. The molecule has 0 saturated carbocycles. The first kappa shape index (κ1) is 17.4. The predicted octanol–water partition coefficient (Wildman–Crippen LogP) is 3.40. The highest BCUT2D eigenvalue weighted by Crippen LogP contribution is 2.27. The minimum atomic E-state index is -0.0590. The fourth-order valence-electron chi connectivity index (χ4n) is 2.98. The van der Waals surface area contributed by atoms with Gasteiger partial charge in [-0.1, -0.05) is 0 Å². The summed E-state index contributed by atoms with van der Waals surface area (Å²) in [7, 11) is 1.87. The molecule has 3 aromatic heterocycles. The Kier molecular flexibility index (Phi) is 4.49. The van der Waals surface area contributed by atoms with Crippen molar-refractivity contribution in [2.75, 3.05) is 5.32 Å². The van der Waals surface area contributed by atoms with Crippen molar-refractivity contribution >= 4 is 33.8 Å². The largest absolute Gasteiger partial charge is 0.326 e. The molecule has 0 fully saturated rings. The minimum Gasteiger partial charge on any atom is -0.326 e. The van der Waals surface area contributed by atoms with Gasteiger partial charge in [-0.25, -0.2) is 4.98 Å². The van der Waals surface area contributed by atoms with E-state index in [-0.39, 0.29) is 5.91 Å². The molecule has 3 heterocycles. The average molecular weight is 380 g/mol. The van der Waals surface area contributed by atoms with E-state index in [0.717, 1.165) is 44.4 Å². The van der Waals surface area contributed by atoms with Crippen LogP contribution in [-0.4, -0.2) is 30.5 Å². The molecule has 27 heavy (non-hydrogen) atoms. The fraction of sp³-hybridized carbons (Fsp3) is 0.263. The van der Waals surface area contributed by atoms with E-state index >= 15 is 0 Å². The maximum atomic E-state index is 12.5. The summed E-state index contributed by atoms with van der Waals surface area (Å²) in [6.45, 7) is 4.76. The second-order valence-corrected chi connectivity index (χ2v) is 7.44. The number of aromatic nitrogens is 5. The SMILES string of the molecule is CCn1ncc2ccc(NC(=O)Cc3sc(-c4ccn(C)n4)nc3C)cc21. The number of thiazole rings is 1. The molecule has 0 radical (unpaired) electrons. The number of benzene rings is 1. The lowest BCUT2D eigenvalue weighted by Gasteiger charge is -2.06. The van der Waals surface area contributed by atoms with Crippen LogP contribution in [0.3, 0.4) is 0 Å². The third-order valence-corrected chi connectivity index (χ3v) is 5.55. The van der Waals surface area contributed by atoms with E-state index in [1.54, 1.807) is 4.68 Å². The van der Waals surface area contributed by atoms with Gasteiger partial charge in [0.1, 0.15) is 10.7 Å². The molecule has 8 heteroatoms. The number of anilines is 1. The normalized spacial score (nSPS) is 11.2. The molecule has 0 atom stereocenters. The van der Waals surface area contributed by atoms with E-state index in [0.29, 0.717) is 6.42 Å². The van der Waals surface area contributed by atoms with Crippen LogP contribution >= 0.6 is 11.3 Å². The Morgan fingerprint density at radius 3 is 2.89 bits per heavy atom. The van der Waals surface area contributed by atoms with Gasteiger partial charge in [0.25, 0.3) is 0 Å². The van der Waals surface area contributed by atoms with Crippen molar-refractivity contribution in [3.63, 3.8) is 0 Å². The second-order valence-electron chi connectivity index (χ2n) is 6.36. The topological polar surface area (TPSA) is 77.6 Å². The quantitative estimate of drug-likeness (QED) is 0.576. The zero-order valence-electron chi connectivity index (χ0n) is 15.4. The number of rotatable bonds is 5. The summed E-state index contributed by atoms with van der Waals surface area (Å²) in [5.74, 6) is -0.0590. The van der Waals surface area contributed by atoms with Gasteiger partial charge >= 0.3 is 0 Å². The highest BCUT2D eigenvalue weighted by Gasteiger charge is 2.15. The molecular weight excluding hydrogens is 360 g/mol. The van der Waals surface area contributed by atoms with E-state index in [2.05, 4.69) is 20.5 Å². The highest BCUT2D eigenvalue weighted by molar-refractivity contribution is 7.15. The lowest BCUT2D eigenvalue weighted by molar-refractivity contribution is -0.115. The summed E-state index contributed by atoms with van der Waals surface area (Å²) < 4.78 is 3.66. The van der Waals surface area contributed by atoms with Gasteiger partial charge in [-0.2, -0.15) is 10.2 Å². The van der Waals surface area contributed by atoms with Crippen molar-refractivity contribution in [1.29, 1.82) is 0 Å². The summed E-state index contributed by atoms with van der Waals surface area (Å²) in [5.41, 5.74) is 3.49. The molecule has 1 aromatic carbocycles. The van der Waals surface area contributed by atoms with Gasteiger partial charge in [0, 0.05) is 35.7 Å². The Labute approximate surface area is 160 Å². The van der Waals surface area contributed by atoms with Crippen LogP contribution in [-0.2, 0) is 24.8 Å². The van der Waals surface area contributed by atoms with Crippen molar-refractivity contribution in [3.8, 4) is 10.7 Å². The Morgan fingerprint density at radius 1 is 1.30 bits per heavy atom. The van der Waals surface area contributed by atoms with Crippen molar-refractivity contribution < 1.29 is 4.79 Å². The molecule has 0 saturated heterocycles. The number of carbonyl (C=O) groups is 1. The summed E-state index contributed by atoms with van der Waals surface area (Å²) in [6.07, 6.45) is 4.02. The van der Waals surface area contributed by atoms with Crippen molar-refractivity contribution in [2.45, 2.75) is 26.8 Å². The van der Waals surface area contributed by atoms with Gasteiger partial charge in [-0.15, -0.1) is 11.3 Å². The highest BCUT2D eigenvalue weighted by atomic mass is 32.1. The molecule has 4 aromatic rings. The maximum absolute atomic E-state index is 12.5. The Morgan fingerprint density at radius 2 is 2.15 bits per heavy atom. The monoisotopic (exact) mass is 380 g/mol. The number of aryl methyl sites for hydroxylation is 3. The molecule has 0 aliphatic heterocycles. The maximum Gasteiger partial charge on any atom is 0.229 e. The lowest BCUT2D eigenvalue weighted by Crippen LogP contribution is -2.14. The van der Waals surface area contributed by atoms with E-state index in [4.69, 9.17) is 0 Å². The molecule has 0 aliphatic rings. The van der Waals surface area contributed by atoms with E-state index in [9.17, 15) is 4.79 Å². The van der Waals surface area contributed by atoms with E-state index in [1.807, 2.05) is 62.2 Å². The number of nitrogens with one attached hydrogen (secondary N) is 1. The minimum absolute atomic E-state index is 0.0590. The van der Waals surface area contributed by atoms with Crippen LogP contribution < -0.4 is 5.32 Å². The molecule has 138 valence electrons. The van der Waals surface area contributed by atoms with Crippen LogP contribution in [0.15, 0.2) is 36.7 Å². The Bertz CT molecular complexity index is 1120. The molecule has 0 aliphatic carbocycles. The number of amides is 1. The molecule has 0 bridgehead atoms. The smallest absolute Gasteiger partial charge is 0.229 e. The third-order valence-electron chi connectivity index (χ3n) is 4.37. The standard InChI is InChI=1S/C19H20N6OS/c1-4-25-16-9-14(6-5-13(16)11-20-25)22-18(26)10-17-12(2)21-19(27-17)15-7-8-24(3)23-15/h5-9,11H,4,10H2,1-3H3,(H,22,26). The van der Waals surface area contributed by atoms with Crippen LogP contribution in [0.25, 0.3) is 21.6 Å². The molecule has 4 rings (SSSR count). The van der Waals surface area contributed by atoms with Crippen molar-refractivity contribution in [2.24, 2.45) is 7.05 Å². The molecule has 7 nitrogen and oxygen atoms in total. The zero-order chi connectivity index (χ0) is 19.0. The summed E-state index contributed by atoms with van der Waals surface area (Å²) >= 11 is 1.51. The number of carbonyl (C=O) groups excluding carboxylic acids is 1. The fourth-order valence-corrected chi connectivity index (χ4v) is 4.01. The zero-order valence-corrected chi connectivity index (χ0v) is 16.2. The first-order valence-electron chi connectivity index (χ1n) is 8.75. The van der Waals surface area contributed by atoms with Crippen LogP contribution in [0, 0.1) is 6.92 Å². The van der Waals surface area contributed by atoms with Gasteiger partial charge in [0.05, 0.1) is 23.8 Å². The Balaban J connectivity index is 1.50. The van der Waals surface area contributed by atoms with Gasteiger partial charge < -0.3 is 5.32 Å². The van der Waals surface area contributed by atoms with Gasteiger partial charge in [0.15, 0.2) is 0 Å². The number of hydrogen-bond acceptors (Lipinski definition) is 5. The van der Waals surface area contributed by atoms with Gasteiger partial charge in [-0.3, -0.25) is 14.2 Å². The van der Waals surface area contributed by atoms with Gasteiger partial charge in [-0.05, 0) is 38.1 Å². The molecule has 1 N–H and O–H groups in total. The van der Waals surface area contributed by atoms with Gasteiger partial charge in [0.2, 0.25) is 5.91 Å². The summed E-state index contributed by atoms with van der Waals surface area (Å²) in [4.78, 5) is 18.1. The van der Waals surface area contributed by atoms with Crippen molar-refractivity contribution in [1.82, 2.24) is 24.5 Å². The molecule has 0 unspecified atom stereocenters. The van der Waals surface area contributed by atoms with Crippen LogP contribution in [0.2, 0.25) is 0 Å². The predicted molar refractivity (Wildman–Crippen MR) is 107 cm³/mol. The number of fused-ring (bicyclic) bond motifs is 1. The molecule has 1 amide bonds. The average Bonchev–Trinajstić information content (AvgIpc) is 3.34. The third kappa shape index (κ3) is 3.48. The van der Waals surface area contributed by atoms with E-state index < -0.39 is 0 Å². The van der Waals surface area contributed by atoms with Crippen LogP contribution in [0.5, 0.6) is 0 Å². The second kappa shape index (κ2) is 6.96.